The van der Waals surface area contributed by atoms with E-state index >= 15 is 4.39 Å². The standard InChI is InChI=1S/C25H29ClFN3O4S/c26-22-7-2-1-5-18(22)15-29-10-3-6-19(16-29)34-24-14-23(27)21(13-20(24)17-8-9-17)25(31)28-35(32,33)30-11-4-12-30/h1-2,5,7,13-14,17,19H,3-4,6,8-12,15-16H2,(H,28,31). The zero-order chi connectivity index (χ0) is 24.6. The molecule has 7 nitrogen and oxygen atoms in total. The lowest BCUT2D eigenvalue weighted by Gasteiger charge is -2.33. The molecule has 1 atom stereocenters. The first-order chi connectivity index (χ1) is 16.8. The van der Waals surface area contributed by atoms with Gasteiger partial charge < -0.3 is 4.74 Å². The number of benzene rings is 2. The Balaban J connectivity index is 1.30. The van der Waals surface area contributed by atoms with Gasteiger partial charge in [0.25, 0.3) is 5.91 Å². The van der Waals surface area contributed by atoms with Crippen LogP contribution in [-0.4, -0.2) is 55.8 Å². The average Bonchev–Trinajstić information content (AvgIpc) is 3.59. The van der Waals surface area contributed by atoms with Crippen LogP contribution in [0.15, 0.2) is 36.4 Å². The maximum Gasteiger partial charge on any atom is 0.304 e. The summed E-state index contributed by atoms with van der Waals surface area (Å²) in [7, 11) is -3.95. The van der Waals surface area contributed by atoms with Gasteiger partial charge in [-0.15, -0.1) is 0 Å². The van der Waals surface area contributed by atoms with Crippen molar-refractivity contribution in [2.45, 2.75) is 50.7 Å². The van der Waals surface area contributed by atoms with Crippen LogP contribution < -0.4 is 9.46 Å². The largest absolute Gasteiger partial charge is 0.489 e. The number of amides is 1. The second kappa shape index (κ2) is 10.0. The lowest BCUT2D eigenvalue weighted by atomic mass is 10.0. The minimum Gasteiger partial charge on any atom is -0.489 e. The Morgan fingerprint density at radius 1 is 1.11 bits per heavy atom. The topological polar surface area (TPSA) is 79.0 Å². The molecular formula is C25H29ClFN3O4S. The molecule has 0 aromatic heterocycles. The van der Waals surface area contributed by atoms with E-state index in [1.807, 2.05) is 29.0 Å². The zero-order valence-corrected chi connectivity index (χ0v) is 21.0. The number of ether oxygens (including phenoxy) is 1. The van der Waals surface area contributed by atoms with Gasteiger partial charge in [0.2, 0.25) is 0 Å². The van der Waals surface area contributed by atoms with E-state index in [2.05, 4.69) is 4.90 Å². The molecule has 2 aliphatic heterocycles. The maximum atomic E-state index is 15.0. The molecule has 1 saturated carbocycles. The summed E-state index contributed by atoms with van der Waals surface area (Å²) >= 11 is 6.33. The van der Waals surface area contributed by atoms with Crippen molar-refractivity contribution in [1.82, 2.24) is 13.9 Å². The third-order valence-corrected chi connectivity index (χ3v) is 8.70. The van der Waals surface area contributed by atoms with Gasteiger partial charge in [-0.1, -0.05) is 29.8 Å². The van der Waals surface area contributed by atoms with Crippen LogP contribution in [-0.2, 0) is 16.8 Å². The molecule has 0 bridgehead atoms. The number of nitrogens with zero attached hydrogens (tertiary/aromatic N) is 2. The van der Waals surface area contributed by atoms with Gasteiger partial charge >= 0.3 is 10.2 Å². The van der Waals surface area contributed by atoms with E-state index in [1.165, 1.54) is 16.4 Å². The number of hydrogen-bond donors (Lipinski definition) is 1. The molecule has 0 spiro atoms. The van der Waals surface area contributed by atoms with Crippen LogP contribution in [0.1, 0.15) is 59.5 Å². The highest BCUT2D eigenvalue weighted by Gasteiger charge is 2.33. The number of halogens is 2. The minimum atomic E-state index is -3.95. The molecule has 2 heterocycles. The number of nitrogens with one attached hydrogen (secondary N) is 1. The summed E-state index contributed by atoms with van der Waals surface area (Å²) in [4.78, 5) is 14.9. The molecule has 1 unspecified atom stereocenters. The Bertz CT molecular complexity index is 1220. The van der Waals surface area contributed by atoms with Crippen molar-refractivity contribution in [3.63, 3.8) is 0 Å². The summed E-state index contributed by atoms with van der Waals surface area (Å²) < 4.78 is 49.1. The number of hydrogen-bond acceptors (Lipinski definition) is 5. The van der Waals surface area contributed by atoms with Crippen molar-refractivity contribution in [2.24, 2.45) is 0 Å². The number of carbonyl (C=O) groups excluding carboxylic acids is 1. The van der Waals surface area contributed by atoms with Gasteiger partial charge in [0.05, 0.1) is 5.56 Å². The Labute approximate surface area is 210 Å². The fourth-order valence-corrected chi connectivity index (χ4v) is 6.03. The van der Waals surface area contributed by atoms with Crippen LogP contribution >= 0.6 is 11.6 Å². The highest BCUT2D eigenvalue weighted by atomic mass is 35.5. The van der Waals surface area contributed by atoms with Crippen LogP contribution in [0.3, 0.4) is 0 Å². The first kappa shape index (κ1) is 24.5. The van der Waals surface area contributed by atoms with Crippen LogP contribution in [0.2, 0.25) is 5.02 Å². The van der Waals surface area contributed by atoms with Crippen molar-refractivity contribution in [1.29, 1.82) is 0 Å². The van der Waals surface area contributed by atoms with E-state index < -0.39 is 21.9 Å². The van der Waals surface area contributed by atoms with Gasteiger partial charge in [-0.25, -0.2) is 9.11 Å². The maximum absolute atomic E-state index is 15.0. The second-order valence-corrected chi connectivity index (χ2v) is 11.6. The summed E-state index contributed by atoms with van der Waals surface area (Å²) in [6.45, 7) is 3.06. The number of carbonyl (C=O) groups is 1. The highest BCUT2D eigenvalue weighted by Crippen LogP contribution is 2.45. The highest BCUT2D eigenvalue weighted by molar-refractivity contribution is 7.87. The number of rotatable bonds is 8. The van der Waals surface area contributed by atoms with Gasteiger partial charge in [0.15, 0.2) is 0 Å². The van der Waals surface area contributed by atoms with Gasteiger partial charge in [-0.3, -0.25) is 9.69 Å². The average molecular weight is 522 g/mol. The lowest BCUT2D eigenvalue weighted by Crippen LogP contribution is -2.49. The number of likely N-dealkylation sites (tertiary alicyclic amines) is 1. The second-order valence-electron chi connectivity index (χ2n) is 9.54. The molecular weight excluding hydrogens is 493 g/mol. The minimum absolute atomic E-state index is 0.116. The third kappa shape index (κ3) is 5.63. The first-order valence-electron chi connectivity index (χ1n) is 12.1. The van der Waals surface area contributed by atoms with Gasteiger partial charge in [0, 0.05) is 37.3 Å². The molecule has 35 heavy (non-hydrogen) atoms. The Kier molecular flexibility index (Phi) is 7.03. The Hall–Kier alpha value is -2.20. The summed E-state index contributed by atoms with van der Waals surface area (Å²) in [6, 6.07) is 10.5. The fraction of sp³-hybridized carbons (Fsp3) is 0.480. The monoisotopic (exact) mass is 521 g/mol. The zero-order valence-electron chi connectivity index (χ0n) is 19.4. The van der Waals surface area contributed by atoms with Gasteiger partial charge in [-0.05, 0) is 67.8 Å². The van der Waals surface area contributed by atoms with Gasteiger partial charge in [0.1, 0.15) is 17.7 Å². The molecule has 0 radical (unpaired) electrons. The van der Waals surface area contributed by atoms with Crippen LogP contribution in [0, 0.1) is 5.82 Å². The quantitative estimate of drug-likeness (QED) is 0.566. The summed E-state index contributed by atoms with van der Waals surface area (Å²) in [6.07, 6.45) is 4.29. The van der Waals surface area contributed by atoms with Crippen molar-refractivity contribution >= 4 is 27.7 Å². The molecule has 2 saturated heterocycles. The molecule has 5 rings (SSSR count). The molecule has 1 amide bonds. The smallest absolute Gasteiger partial charge is 0.304 e. The predicted molar refractivity (Wildman–Crippen MR) is 131 cm³/mol. The molecule has 1 aliphatic carbocycles. The Morgan fingerprint density at radius 2 is 1.89 bits per heavy atom. The van der Waals surface area contributed by atoms with Crippen molar-refractivity contribution < 1.29 is 22.3 Å². The van der Waals surface area contributed by atoms with E-state index in [0.29, 0.717) is 31.9 Å². The molecule has 2 aromatic rings. The third-order valence-electron chi connectivity index (χ3n) is 6.85. The van der Waals surface area contributed by atoms with E-state index in [0.717, 1.165) is 54.8 Å². The fourth-order valence-electron chi connectivity index (χ4n) is 4.63. The Morgan fingerprint density at radius 3 is 2.57 bits per heavy atom. The van der Waals surface area contributed by atoms with E-state index in [-0.39, 0.29) is 17.6 Å². The number of piperidine rings is 1. The SMILES string of the molecule is O=C(NS(=O)(=O)N1CCC1)c1cc(C2CC2)c(OC2CCCN(Cc3ccccc3Cl)C2)cc1F. The van der Waals surface area contributed by atoms with Gasteiger partial charge in [-0.2, -0.15) is 12.7 Å². The summed E-state index contributed by atoms with van der Waals surface area (Å²) in [5.74, 6) is -1.11. The summed E-state index contributed by atoms with van der Waals surface area (Å²) in [5, 5.41) is 0.735. The van der Waals surface area contributed by atoms with Crippen LogP contribution in [0.4, 0.5) is 4.39 Å². The van der Waals surface area contributed by atoms with Crippen LogP contribution in [0.25, 0.3) is 0 Å². The van der Waals surface area contributed by atoms with Crippen molar-refractivity contribution in [3.05, 3.63) is 63.9 Å². The predicted octanol–water partition coefficient (Wildman–Crippen LogP) is 4.08. The van der Waals surface area contributed by atoms with Crippen molar-refractivity contribution in [3.8, 4) is 5.75 Å². The molecule has 3 aliphatic rings. The molecule has 3 fully saturated rings. The molecule has 188 valence electrons. The summed E-state index contributed by atoms with van der Waals surface area (Å²) in [5.41, 5.74) is 1.55. The van der Waals surface area contributed by atoms with E-state index in [4.69, 9.17) is 16.3 Å². The first-order valence-corrected chi connectivity index (χ1v) is 13.9. The van der Waals surface area contributed by atoms with Crippen LogP contribution in [0.5, 0.6) is 5.75 Å². The molecule has 2 aromatic carbocycles. The molecule has 1 N–H and O–H groups in total. The lowest BCUT2D eigenvalue weighted by molar-refractivity contribution is 0.0832. The normalized spacial score (nSPS) is 21.4. The van der Waals surface area contributed by atoms with E-state index in [9.17, 15) is 13.2 Å². The van der Waals surface area contributed by atoms with E-state index in [1.54, 1.807) is 0 Å². The van der Waals surface area contributed by atoms with Crippen molar-refractivity contribution in [2.75, 3.05) is 26.2 Å². The molecule has 10 heteroatoms.